The molecule has 1 nitrogen and oxygen atoms in total. The molecule has 0 bridgehead atoms. The second-order valence-corrected chi connectivity index (χ2v) is 4.65. The first kappa shape index (κ1) is 11.3. The van der Waals surface area contributed by atoms with Crippen LogP contribution >= 0.6 is 11.6 Å². The number of aryl methyl sites for hydroxylation is 1. The van der Waals surface area contributed by atoms with Crippen molar-refractivity contribution >= 4 is 11.6 Å². The minimum atomic E-state index is 0.839. The molecule has 1 aromatic heterocycles. The standard InChI is InChI=1S/C14H16ClN/c1-10-8-16(12(3)11(10)2)9-13-6-4-5-7-14(13)15/h4-8H,9H2,1-3H3. The van der Waals surface area contributed by atoms with Crippen LogP contribution in [0.1, 0.15) is 22.4 Å². The Kier molecular flexibility index (Phi) is 3.06. The van der Waals surface area contributed by atoms with Crippen LogP contribution in [0.5, 0.6) is 0 Å². The van der Waals surface area contributed by atoms with E-state index in [1.54, 1.807) is 0 Å². The molecular weight excluding hydrogens is 218 g/mol. The second kappa shape index (κ2) is 4.34. The molecular formula is C14H16ClN. The Morgan fingerprint density at radius 1 is 1.12 bits per heavy atom. The summed E-state index contributed by atoms with van der Waals surface area (Å²) in [6.07, 6.45) is 2.19. The van der Waals surface area contributed by atoms with Gasteiger partial charge in [0.05, 0.1) is 0 Å². The number of rotatable bonds is 2. The fourth-order valence-corrected chi connectivity index (χ4v) is 2.10. The van der Waals surface area contributed by atoms with Crippen LogP contribution in [-0.4, -0.2) is 4.57 Å². The molecule has 0 amide bonds. The molecule has 2 rings (SSSR count). The monoisotopic (exact) mass is 233 g/mol. The highest BCUT2D eigenvalue weighted by molar-refractivity contribution is 6.31. The van der Waals surface area contributed by atoms with Crippen LogP contribution in [0.4, 0.5) is 0 Å². The third-order valence-electron chi connectivity index (χ3n) is 3.21. The van der Waals surface area contributed by atoms with Crippen LogP contribution in [0.2, 0.25) is 5.02 Å². The van der Waals surface area contributed by atoms with Gasteiger partial charge in [-0.1, -0.05) is 29.8 Å². The van der Waals surface area contributed by atoms with Crippen LogP contribution in [0.3, 0.4) is 0 Å². The van der Waals surface area contributed by atoms with Gasteiger partial charge in [-0.05, 0) is 43.5 Å². The number of hydrogen-bond acceptors (Lipinski definition) is 0. The van der Waals surface area contributed by atoms with E-state index in [1.165, 1.54) is 22.4 Å². The molecule has 0 saturated heterocycles. The largest absolute Gasteiger partial charge is 0.347 e. The summed E-state index contributed by atoms with van der Waals surface area (Å²) in [5, 5.41) is 0.839. The number of nitrogens with zero attached hydrogens (tertiary/aromatic N) is 1. The van der Waals surface area contributed by atoms with E-state index in [0.29, 0.717) is 0 Å². The topological polar surface area (TPSA) is 4.93 Å². The zero-order valence-corrected chi connectivity index (χ0v) is 10.7. The number of halogens is 1. The molecule has 0 spiro atoms. The Morgan fingerprint density at radius 2 is 1.81 bits per heavy atom. The number of aromatic nitrogens is 1. The van der Waals surface area contributed by atoms with Crippen LogP contribution < -0.4 is 0 Å². The van der Waals surface area contributed by atoms with Gasteiger partial charge in [-0.15, -0.1) is 0 Å². The molecule has 0 atom stereocenters. The van der Waals surface area contributed by atoms with Crippen molar-refractivity contribution in [1.29, 1.82) is 0 Å². The highest BCUT2D eigenvalue weighted by Gasteiger charge is 2.06. The molecule has 0 N–H and O–H groups in total. The Balaban J connectivity index is 2.34. The summed E-state index contributed by atoms with van der Waals surface area (Å²) in [7, 11) is 0. The maximum Gasteiger partial charge on any atom is 0.0487 e. The van der Waals surface area contributed by atoms with Crippen LogP contribution in [-0.2, 0) is 6.54 Å². The Bertz CT molecular complexity index is 511. The number of hydrogen-bond donors (Lipinski definition) is 0. The lowest BCUT2D eigenvalue weighted by Crippen LogP contribution is -2.01. The molecule has 1 heterocycles. The molecule has 0 radical (unpaired) electrons. The van der Waals surface area contributed by atoms with E-state index < -0.39 is 0 Å². The summed E-state index contributed by atoms with van der Waals surface area (Å²) >= 11 is 6.16. The van der Waals surface area contributed by atoms with Crippen molar-refractivity contribution in [2.24, 2.45) is 0 Å². The molecule has 2 aromatic rings. The molecule has 16 heavy (non-hydrogen) atoms. The highest BCUT2D eigenvalue weighted by Crippen LogP contribution is 2.20. The van der Waals surface area contributed by atoms with Crippen LogP contribution in [0, 0.1) is 20.8 Å². The van der Waals surface area contributed by atoms with Crippen molar-refractivity contribution in [2.75, 3.05) is 0 Å². The van der Waals surface area contributed by atoms with E-state index in [0.717, 1.165) is 11.6 Å². The van der Waals surface area contributed by atoms with Crippen molar-refractivity contribution in [3.63, 3.8) is 0 Å². The second-order valence-electron chi connectivity index (χ2n) is 4.24. The molecule has 0 aliphatic carbocycles. The summed E-state index contributed by atoms with van der Waals surface area (Å²) in [5.41, 5.74) is 5.19. The summed E-state index contributed by atoms with van der Waals surface area (Å²) in [6, 6.07) is 8.01. The van der Waals surface area contributed by atoms with Crippen LogP contribution in [0.25, 0.3) is 0 Å². The van der Waals surface area contributed by atoms with Gasteiger partial charge in [0.2, 0.25) is 0 Å². The van der Waals surface area contributed by atoms with Crippen molar-refractivity contribution in [3.05, 3.63) is 57.9 Å². The summed E-state index contributed by atoms with van der Waals surface area (Å²) < 4.78 is 2.26. The normalized spacial score (nSPS) is 10.8. The van der Waals surface area contributed by atoms with Gasteiger partial charge in [-0.2, -0.15) is 0 Å². The van der Waals surface area contributed by atoms with E-state index in [-0.39, 0.29) is 0 Å². The van der Waals surface area contributed by atoms with E-state index in [4.69, 9.17) is 11.6 Å². The van der Waals surface area contributed by atoms with Gasteiger partial charge in [-0.3, -0.25) is 0 Å². The molecule has 0 fully saturated rings. The molecule has 0 saturated carbocycles. The quantitative estimate of drug-likeness (QED) is 0.736. The number of benzene rings is 1. The lowest BCUT2D eigenvalue weighted by Gasteiger charge is -2.08. The minimum Gasteiger partial charge on any atom is -0.347 e. The fourth-order valence-electron chi connectivity index (χ4n) is 1.90. The Labute approximate surface area is 102 Å². The van der Waals surface area contributed by atoms with Gasteiger partial charge >= 0.3 is 0 Å². The van der Waals surface area contributed by atoms with Gasteiger partial charge < -0.3 is 4.57 Å². The van der Waals surface area contributed by atoms with E-state index in [2.05, 4.69) is 37.6 Å². The van der Waals surface area contributed by atoms with E-state index in [9.17, 15) is 0 Å². The van der Waals surface area contributed by atoms with Gasteiger partial charge in [0, 0.05) is 23.5 Å². The lowest BCUT2D eigenvalue weighted by molar-refractivity contribution is 0.772. The smallest absolute Gasteiger partial charge is 0.0487 e. The van der Waals surface area contributed by atoms with Crippen molar-refractivity contribution in [2.45, 2.75) is 27.3 Å². The van der Waals surface area contributed by atoms with Crippen LogP contribution in [0.15, 0.2) is 30.5 Å². The average Bonchev–Trinajstić information content (AvgIpc) is 2.50. The maximum absolute atomic E-state index is 6.16. The highest BCUT2D eigenvalue weighted by atomic mass is 35.5. The first-order chi connectivity index (χ1) is 7.59. The summed E-state index contributed by atoms with van der Waals surface area (Å²) in [5.74, 6) is 0. The summed E-state index contributed by atoms with van der Waals surface area (Å²) in [4.78, 5) is 0. The first-order valence-corrected chi connectivity index (χ1v) is 5.83. The minimum absolute atomic E-state index is 0.839. The van der Waals surface area contributed by atoms with Crippen molar-refractivity contribution in [1.82, 2.24) is 4.57 Å². The Hall–Kier alpha value is -1.21. The van der Waals surface area contributed by atoms with Crippen molar-refractivity contribution < 1.29 is 0 Å². The zero-order valence-electron chi connectivity index (χ0n) is 9.92. The van der Waals surface area contributed by atoms with Gasteiger partial charge in [0.25, 0.3) is 0 Å². The van der Waals surface area contributed by atoms with Crippen molar-refractivity contribution in [3.8, 4) is 0 Å². The SMILES string of the molecule is Cc1cn(Cc2ccccc2Cl)c(C)c1C. The summed E-state index contributed by atoms with van der Waals surface area (Å²) in [6.45, 7) is 7.30. The molecule has 0 unspecified atom stereocenters. The molecule has 1 aromatic carbocycles. The predicted octanol–water partition coefficient (Wildman–Crippen LogP) is 4.12. The third kappa shape index (κ3) is 2.00. The zero-order chi connectivity index (χ0) is 11.7. The fraction of sp³-hybridized carbons (Fsp3) is 0.286. The molecule has 2 heteroatoms. The molecule has 0 aliphatic rings. The average molecular weight is 234 g/mol. The maximum atomic E-state index is 6.16. The Morgan fingerprint density at radius 3 is 2.38 bits per heavy atom. The van der Waals surface area contributed by atoms with Gasteiger partial charge in [0.1, 0.15) is 0 Å². The molecule has 0 aliphatic heterocycles. The molecule has 84 valence electrons. The third-order valence-corrected chi connectivity index (χ3v) is 3.58. The lowest BCUT2D eigenvalue weighted by atomic mass is 10.2. The van der Waals surface area contributed by atoms with Gasteiger partial charge in [-0.25, -0.2) is 0 Å². The first-order valence-electron chi connectivity index (χ1n) is 5.46. The predicted molar refractivity (Wildman–Crippen MR) is 69.2 cm³/mol. The van der Waals surface area contributed by atoms with E-state index >= 15 is 0 Å². The van der Waals surface area contributed by atoms with E-state index in [1.807, 2.05) is 18.2 Å². The van der Waals surface area contributed by atoms with Gasteiger partial charge in [0.15, 0.2) is 0 Å².